The Hall–Kier alpha value is -1.39. The van der Waals surface area contributed by atoms with E-state index >= 15 is 0 Å². The molecule has 0 spiro atoms. The lowest BCUT2D eigenvalue weighted by atomic mass is 9.77. The van der Waals surface area contributed by atoms with E-state index < -0.39 is 0 Å². The molecule has 0 bridgehead atoms. The lowest BCUT2D eigenvalue weighted by Gasteiger charge is -2.39. The number of carbonyl (C=O) groups excluding carboxylic acids is 1. The Morgan fingerprint density at radius 3 is 2.55 bits per heavy atom. The molecule has 0 aromatic heterocycles. The molecule has 1 aromatic rings. The van der Waals surface area contributed by atoms with Gasteiger partial charge in [-0.3, -0.25) is 9.69 Å². The number of amides is 1. The maximum absolute atomic E-state index is 12.2. The van der Waals surface area contributed by atoms with E-state index in [1.54, 1.807) is 0 Å². The number of nitrogens with one attached hydrogen (secondary N) is 1. The van der Waals surface area contributed by atoms with Crippen LogP contribution in [0.5, 0.6) is 0 Å². The fourth-order valence-corrected chi connectivity index (χ4v) is 3.16. The summed E-state index contributed by atoms with van der Waals surface area (Å²) in [4.78, 5) is 14.4. The molecule has 0 atom stereocenters. The summed E-state index contributed by atoms with van der Waals surface area (Å²) >= 11 is 0. The van der Waals surface area contributed by atoms with E-state index in [0.29, 0.717) is 6.54 Å². The van der Waals surface area contributed by atoms with E-state index in [1.165, 1.54) is 5.56 Å². The number of anilines is 1. The molecule has 22 heavy (non-hydrogen) atoms. The largest absolute Gasteiger partial charge is 0.396 e. The normalized spacial score (nSPS) is 18.2. The Morgan fingerprint density at radius 2 is 2.00 bits per heavy atom. The number of nitrogens with zero attached hydrogens (tertiary/aromatic N) is 1. The first-order chi connectivity index (χ1) is 10.5. The van der Waals surface area contributed by atoms with Crippen molar-refractivity contribution < 1.29 is 9.90 Å². The zero-order valence-corrected chi connectivity index (χ0v) is 14.0. The fraction of sp³-hybridized carbons (Fsp3) is 0.611. The number of aliphatic hydroxyl groups excluding tert-OH is 1. The number of rotatable bonds is 5. The molecular formula is C18H28N2O2. The summed E-state index contributed by atoms with van der Waals surface area (Å²) in [6.45, 7) is 8.65. The van der Waals surface area contributed by atoms with Gasteiger partial charge in [0.1, 0.15) is 0 Å². The third kappa shape index (κ3) is 4.08. The van der Waals surface area contributed by atoms with Gasteiger partial charge >= 0.3 is 0 Å². The number of likely N-dealkylation sites (tertiary alicyclic amines) is 1. The van der Waals surface area contributed by atoms with Gasteiger partial charge in [0.05, 0.1) is 6.54 Å². The molecule has 4 nitrogen and oxygen atoms in total. The van der Waals surface area contributed by atoms with Gasteiger partial charge in [-0.15, -0.1) is 0 Å². The molecule has 0 saturated carbocycles. The van der Waals surface area contributed by atoms with Gasteiger partial charge in [-0.25, -0.2) is 0 Å². The van der Waals surface area contributed by atoms with Crippen molar-refractivity contribution >= 4 is 11.6 Å². The van der Waals surface area contributed by atoms with Crippen LogP contribution in [0.25, 0.3) is 0 Å². The van der Waals surface area contributed by atoms with E-state index in [9.17, 15) is 9.90 Å². The highest BCUT2D eigenvalue weighted by molar-refractivity contribution is 5.93. The number of aliphatic hydroxyl groups is 1. The molecule has 1 aliphatic rings. The summed E-state index contributed by atoms with van der Waals surface area (Å²) in [7, 11) is 0. The van der Waals surface area contributed by atoms with Crippen LogP contribution in [0.4, 0.5) is 5.69 Å². The smallest absolute Gasteiger partial charge is 0.238 e. The Labute approximate surface area is 133 Å². The van der Waals surface area contributed by atoms with E-state index in [-0.39, 0.29) is 17.9 Å². The van der Waals surface area contributed by atoms with Crippen LogP contribution in [0.2, 0.25) is 0 Å². The van der Waals surface area contributed by atoms with Crippen molar-refractivity contribution in [2.75, 3.05) is 31.6 Å². The highest BCUT2D eigenvalue weighted by Gasteiger charge is 2.32. The maximum atomic E-state index is 12.2. The Balaban J connectivity index is 1.86. The van der Waals surface area contributed by atoms with E-state index in [0.717, 1.165) is 43.6 Å². The molecule has 0 radical (unpaired) electrons. The van der Waals surface area contributed by atoms with Crippen LogP contribution in [0.3, 0.4) is 0 Å². The maximum Gasteiger partial charge on any atom is 0.238 e. The van der Waals surface area contributed by atoms with Gasteiger partial charge in [-0.2, -0.15) is 0 Å². The van der Waals surface area contributed by atoms with Crippen LogP contribution in [0.1, 0.15) is 37.3 Å². The SMILES string of the molecule is CCC1(CO)CCN(CC(=O)Nc2ccc(C)cc2C)CC1. The minimum Gasteiger partial charge on any atom is -0.396 e. The van der Waals surface area contributed by atoms with Crippen molar-refractivity contribution in [2.24, 2.45) is 5.41 Å². The topological polar surface area (TPSA) is 52.6 Å². The summed E-state index contributed by atoms with van der Waals surface area (Å²) in [6.07, 6.45) is 2.94. The number of hydrogen-bond acceptors (Lipinski definition) is 3. The average Bonchev–Trinajstić information content (AvgIpc) is 2.51. The van der Waals surface area contributed by atoms with Crippen LogP contribution in [0.15, 0.2) is 18.2 Å². The molecule has 2 N–H and O–H groups in total. The number of hydrogen-bond donors (Lipinski definition) is 2. The molecular weight excluding hydrogens is 276 g/mol. The standard InChI is InChI=1S/C18H28N2O2/c1-4-18(13-21)7-9-20(10-8-18)12-17(22)19-16-6-5-14(2)11-15(16)3/h5-6,11,21H,4,7-10,12-13H2,1-3H3,(H,19,22). The van der Waals surface area contributed by atoms with Crippen LogP contribution in [-0.2, 0) is 4.79 Å². The van der Waals surface area contributed by atoms with Crippen LogP contribution >= 0.6 is 0 Å². The molecule has 1 aromatic carbocycles. The second-order valence-corrected chi connectivity index (χ2v) is 6.65. The molecule has 2 rings (SSSR count). The summed E-state index contributed by atoms with van der Waals surface area (Å²) in [5, 5.41) is 12.6. The monoisotopic (exact) mass is 304 g/mol. The third-order valence-corrected chi connectivity index (χ3v) is 5.03. The van der Waals surface area contributed by atoms with Crippen molar-refractivity contribution in [1.82, 2.24) is 4.90 Å². The molecule has 1 aliphatic heterocycles. The second kappa shape index (κ2) is 7.25. The van der Waals surface area contributed by atoms with Crippen LogP contribution in [0, 0.1) is 19.3 Å². The van der Waals surface area contributed by atoms with Crippen molar-refractivity contribution in [2.45, 2.75) is 40.0 Å². The number of benzene rings is 1. The lowest BCUT2D eigenvalue weighted by Crippen LogP contribution is -2.44. The predicted octanol–water partition coefficient (Wildman–Crippen LogP) is 2.73. The minimum absolute atomic E-state index is 0.0416. The van der Waals surface area contributed by atoms with Crippen molar-refractivity contribution in [1.29, 1.82) is 0 Å². The summed E-state index contributed by atoms with van der Waals surface area (Å²) in [6, 6.07) is 6.06. The lowest BCUT2D eigenvalue weighted by molar-refractivity contribution is -0.118. The van der Waals surface area contributed by atoms with Gasteiger partial charge in [0, 0.05) is 12.3 Å². The molecule has 1 saturated heterocycles. The van der Waals surface area contributed by atoms with Gasteiger partial charge in [0.2, 0.25) is 5.91 Å². The Bertz CT molecular complexity index is 514. The van der Waals surface area contributed by atoms with Crippen molar-refractivity contribution in [3.63, 3.8) is 0 Å². The summed E-state index contributed by atoms with van der Waals surface area (Å²) in [5.41, 5.74) is 3.26. The van der Waals surface area contributed by atoms with Crippen molar-refractivity contribution in [3.8, 4) is 0 Å². The molecule has 0 unspecified atom stereocenters. The summed E-state index contributed by atoms with van der Waals surface area (Å²) < 4.78 is 0. The zero-order chi connectivity index (χ0) is 16.2. The molecule has 4 heteroatoms. The average molecular weight is 304 g/mol. The highest BCUT2D eigenvalue weighted by Crippen LogP contribution is 2.34. The fourth-order valence-electron chi connectivity index (χ4n) is 3.16. The van der Waals surface area contributed by atoms with E-state index in [4.69, 9.17) is 0 Å². The molecule has 0 aliphatic carbocycles. The first kappa shape index (κ1) is 17.0. The Morgan fingerprint density at radius 1 is 1.32 bits per heavy atom. The molecule has 1 amide bonds. The predicted molar refractivity (Wildman–Crippen MR) is 90.0 cm³/mol. The minimum atomic E-state index is 0.0416. The second-order valence-electron chi connectivity index (χ2n) is 6.65. The number of carbonyl (C=O) groups is 1. The van der Waals surface area contributed by atoms with Gasteiger partial charge in [-0.1, -0.05) is 24.6 Å². The summed E-state index contributed by atoms with van der Waals surface area (Å²) in [5.74, 6) is 0.0416. The molecule has 1 fully saturated rings. The number of aryl methyl sites for hydroxylation is 2. The van der Waals surface area contributed by atoms with Crippen molar-refractivity contribution in [3.05, 3.63) is 29.3 Å². The number of piperidine rings is 1. The van der Waals surface area contributed by atoms with E-state index in [1.807, 2.05) is 26.0 Å². The Kier molecular flexibility index (Phi) is 5.59. The molecule has 1 heterocycles. The van der Waals surface area contributed by atoms with Crippen LogP contribution in [-0.4, -0.2) is 42.2 Å². The van der Waals surface area contributed by atoms with E-state index in [2.05, 4.69) is 23.2 Å². The van der Waals surface area contributed by atoms with Crippen LogP contribution < -0.4 is 5.32 Å². The first-order valence-corrected chi connectivity index (χ1v) is 8.18. The van der Waals surface area contributed by atoms with Gasteiger partial charge in [-0.05, 0) is 63.2 Å². The highest BCUT2D eigenvalue weighted by atomic mass is 16.3. The van der Waals surface area contributed by atoms with Gasteiger partial charge in [0.25, 0.3) is 0 Å². The quantitative estimate of drug-likeness (QED) is 0.879. The first-order valence-electron chi connectivity index (χ1n) is 8.18. The zero-order valence-electron chi connectivity index (χ0n) is 14.0. The van der Waals surface area contributed by atoms with Gasteiger partial charge < -0.3 is 10.4 Å². The molecule has 122 valence electrons. The third-order valence-electron chi connectivity index (χ3n) is 5.03. The van der Waals surface area contributed by atoms with Gasteiger partial charge in [0.15, 0.2) is 0 Å².